The van der Waals surface area contributed by atoms with Gasteiger partial charge in [-0.2, -0.15) is 0 Å². The third-order valence-corrected chi connectivity index (χ3v) is 7.00. The van der Waals surface area contributed by atoms with Gasteiger partial charge < -0.3 is 19.5 Å². The zero-order valence-corrected chi connectivity index (χ0v) is 18.9. The molecule has 0 aliphatic carbocycles. The van der Waals surface area contributed by atoms with Crippen molar-refractivity contribution >= 4 is 16.8 Å². The van der Waals surface area contributed by atoms with Gasteiger partial charge in [0.2, 0.25) is 5.91 Å². The Morgan fingerprint density at radius 1 is 1.16 bits per heavy atom. The quantitative estimate of drug-likeness (QED) is 0.630. The van der Waals surface area contributed by atoms with Gasteiger partial charge in [-0.15, -0.1) is 0 Å². The van der Waals surface area contributed by atoms with Crippen LogP contribution in [0.1, 0.15) is 38.5 Å². The van der Waals surface area contributed by atoms with Crippen LogP contribution in [0.4, 0.5) is 0 Å². The number of methoxy groups -OCH3 is 1. The van der Waals surface area contributed by atoms with Crippen LogP contribution in [0.3, 0.4) is 0 Å². The molecular formula is C24H34N4O4. The number of hydrogen-bond donors (Lipinski definition) is 1. The van der Waals surface area contributed by atoms with E-state index in [-0.39, 0.29) is 12.5 Å². The van der Waals surface area contributed by atoms with Gasteiger partial charge in [0.05, 0.1) is 10.9 Å². The SMILES string of the molecule is COCCCN(C[C@H]1CCCN2CCCC[C@H]12)C(=O)Cn1c(=O)[nH]c2ccccc2c1=O. The van der Waals surface area contributed by atoms with Gasteiger partial charge >= 0.3 is 5.69 Å². The summed E-state index contributed by atoms with van der Waals surface area (Å²) in [6.07, 6.45) is 6.70. The second kappa shape index (κ2) is 10.4. The monoisotopic (exact) mass is 442 g/mol. The highest BCUT2D eigenvalue weighted by atomic mass is 16.5. The van der Waals surface area contributed by atoms with Gasteiger partial charge in [0, 0.05) is 32.8 Å². The van der Waals surface area contributed by atoms with Crippen LogP contribution in [-0.2, 0) is 16.1 Å². The number of hydrogen-bond acceptors (Lipinski definition) is 5. The van der Waals surface area contributed by atoms with E-state index >= 15 is 0 Å². The Labute approximate surface area is 188 Å². The van der Waals surface area contributed by atoms with E-state index in [1.165, 1.54) is 19.3 Å². The lowest BCUT2D eigenvalue weighted by Gasteiger charge is -2.45. The van der Waals surface area contributed by atoms with Crippen molar-refractivity contribution in [1.29, 1.82) is 0 Å². The molecule has 8 nitrogen and oxygen atoms in total. The fraction of sp³-hybridized carbons (Fsp3) is 0.625. The summed E-state index contributed by atoms with van der Waals surface area (Å²) in [7, 11) is 1.65. The molecule has 2 aliphatic heterocycles. The number of piperidine rings is 2. The predicted molar refractivity (Wildman–Crippen MR) is 124 cm³/mol. The molecular weight excluding hydrogens is 408 g/mol. The zero-order chi connectivity index (χ0) is 22.5. The molecule has 4 rings (SSSR count). The highest BCUT2D eigenvalue weighted by Crippen LogP contribution is 2.31. The number of carbonyl (C=O) groups is 1. The van der Waals surface area contributed by atoms with E-state index in [1.807, 2.05) is 4.90 Å². The third-order valence-electron chi connectivity index (χ3n) is 7.00. The van der Waals surface area contributed by atoms with Crippen LogP contribution in [-0.4, -0.2) is 71.2 Å². The second-order valence-electron chi connectivity index (χ2n) is 9.05. The number of para-hydroxylation sites is 1. The second-order valence-corrected chi connectivity index (χ2v) is 9.05. The van der Waals surface area contributed by atoms with Crippen LogP contribution in [0.25, 0.3) is 10.9 Å². The lowest BCUT2D eigenvalue weighted by Crippen LogP contribution is -2.52. The van der Waals surface area contributed by atoms with Crippen molar-refractivity contribution in [2.75, 3.05) is 39.9 Å². The van der Waals surface area contributed by atoms with Gasteiger partial charge in [0.1, 0.15) is 6.54 Å². The molecule has 1 aromatic heterocycles. The summed E-state index contributed by atoms with van der Waals surface area (Å²) in [6.45, 7) is 3.87. The standard InChI is InChI=1S/C24H34N4O4/c1-32-15-7-14-27(16-18-8-6-13-26-12-5-4-11-21(18)26)22(29)17-28-23(30)19-9-2-3-10-20(19)25-24(28)31/h2-3,9-10,18,21H,4-8,11-17H2,1H3,(H,25,31)/t18-,21-/m1/s1. The van der Waals surface area contributed by atoms with Crippen LogP contribution < -0.4 is 11.2 Å². The molecule has 32 heavy (non-hydrogen) atoms. The molecule has 174 valence electrons. The molecule has 1 aromatic carbocycles. The fourth-order valence-corrected chi connectivity index (χ4v) is 5.37. The van der Waals surface area contributed by atoms with E-state index in [1.54, 1.807) is 31.4 Å². The van der Waals surface area contributed by atoms with Crippen molar-refractivity contribution in [3.05, 3.63) is 45.1 Å². The number of nitrogens with zero attached hydrogens (tertiary/aromatic N) is 3. The van der Waals surface area contributed by atoms with Crippen molar-refractivity contribution in [3.8, 4) is 0 Å². The maximum absolute atomic E-state index is 13.3. The van der Waals surface area contributed by atoms with Crippen molar-refractivity contribution < 1.29 is 9.53 Å². The van der Waals surface area contributed by atoms with Gasteiger partial charge in [0.25, 0.3) is 5.56 Å². The van der Waals surface area contributed by atoms with Gasteiger partial charge in [-0.05, 0) is 63.2 Å². The number of aromatic amines is 1. The van der Waals surface area contributed by atoms with Crippen molar-refractivity contribution in [2.45, 2.75) is 51.1 Å². The normalized spacial score (nSPS) is 21.4. The number of ether oxygens (including phenoxy) is 1. The number of amides is 1. The summed E-state index contributed by atoms with van der Waals surface area (Å²) in [4.78, 5) is 46.0. The summed E-state index contributed by atoms with van der Waals surface area (Å²) >= 11 is 0. The Balaban J connectivity index is 1.54. The number of carbonyl (C=O) groups excluding carboxylic acids is 1. The Kier molecular flexibility index (Phi) is 7.42. The van der Waals surface area contributed by atoms with Gasteiger partial charge in [-0.25, -0.2) is 4.79 Å². The Morgan fingerprint density at radius 2 is 1.97 bits per heavy atom. The van der Waals surface area contributed by atoms with E-state index < -0.39 is 11.2 Å². The molecule has 2 fully saturated rings. The van der Waals surface area contributed by atoms with Crippen molar-refractivity contribution in [1.82, 2.24) is 19.4 Å². The van der Waals surface area contributed by atoms with Crippen LogP contribution in [0.2, 0.25) is 0 Å². The molecule has 0 bridgehead atoms. The lowest BCUT2D eigenvalue weighted by molar-refractivity contribution is -0.133. The number of rotatable bonds is 8. The molecule has 1 amide bonds. The maximum atomic E-state index is 13.3. The minimum atomic E-state index is -0.546. The average molecular weight is 443 g/mol. The molecule has 0 unspecified atom stereocenters. The minimum Gasteiger partial charge on any atom is -0.385 e. The topological polar surface area (TPSA) is 87.6 Å². The number of benzene rings is 1. The van der Waals surface area contributed by atoms with E-state index in [9.17, 15) is 14.4 Å². The van der Waals surface area contributed by atoms with E-state index in [0.29, 0.717) is 42.6 Å². The first-order chi connectivity index (χ1) is 15.6. The maximum Gasteiger partial charge on any atom is 0.329 e. The fourth-order valence-electron chi connectivity index (χ4n) is 5.37. The minimum absolute atomic E-state index is 0.183. The number of nitrogens with one attached hydrogen (secondary N) is 1. The largest absolute Gasteiger partial charge is 0.385 e. The Hall–Kier alpha value is -2.45. The van der Waals surface area contributed by atoms with E-state index in [0.717, 1.165) is 36.9 Å². The Morgan fingerprint density at radius 3 is 2.81 bits per heavy atom. The van der Waals surface area contributed by atoms with Crippen LogP contribution in [0.5, 0.6) is 0 Å². The van der Waals surface area contributed by atoms with Gasteiger partial charge in [-0.3, -0.25) is 14.2 Å². The van der Waals surface area contributed by atoms with Gasteiger partial charge in [0.15, 0.2) is 0 Å². The molecule has 0 radical (unpaired) electrons. The molecule has 0 spiro atoms. The van der Waals surface area contributed by atoms with E-state index in [4.69, 9.17) is 4.74 Å². The van der Waals surface area contributed by atoms with Crippen molar-refractivity contribution in [3.63, 3.8) is 0 Å². The highest BCUT2D eigenvalue weighted by molar-refractivity contribution is 5.79. The molecule has 2 atom stereocenters. The summed E-state index contributed by atoms with van der Waals surface area (Å²) in [6, 6.07) is 7.42. The first-order valence-electron chi connectivity index (χ1n) is 11.8. The number of fused-ring (bicyclic) bond motifs is 2. The first kappa shape index (κ1) is 22.7. The van der Waals surface area contributed by atoms with Crippen LogP contribution >= 0.6 is 0 Å². The number of H-pyrrole nitrogens is 1. The van der Waals surface area contributed by atoms with Crippen LogP contribution in [0.15, 0.2) is 33.9 Å². The summed E-state index contributed by atoms with van der Waals surface area (Å²) < 4.78 is 6.23. The van der Waals surface area contributed by atoms with Crippen molar-refractivity contribution in [2.24, 2.45) is 5.92 Å². The molecule has 3 heterocycles. The number of aromatic nitrogens is 2. The molecule has 0 saturated carbocycles. The summed E-state index contributed by atoms with van der Waals surface area (Å²) in [5.41, 5.74) is -0.483. The molecule has 2 saturated heterocycles. The molecule has 8 heteroatoms. The molecule has 1 N–H and O–H groups in total. The summed E-state index contributed by atoms with van der Waals surface area (Å²) in [5, 5.41) is 0.413. The van der Waals surface area contributed by atoms with E-state index in [2.05, 4.69) is 9.88 Å². The summed E-state index contributed by atoms with van der Waals surface area (Å²) in [5.74, 6) is 0.249. The predicted octanol–water partition coefficient (Wildman–Crippen LogP) is 1.82. The first-order valence-corrected chi connectivity index (χ1v) is 11.8. The van der Waals surface area contributed by atoms with Gasteiger partial charge in [-0.1, -0.05) is 18.6 Å². The molecule has 2 aromatic rings. The molecule has 2 aliphatic rings. The highest BCUT2D eigenvalue weighted by Gasteiger charge is 2.34. The third kappa shape index (κ3) is 4.96. The lowest BCUT2D eigenvalue weighted by atomic mass is 9.83. The Bertz CT molecular complexity index is 1040. The van der Waals surface area contributed by atoms with Crippen LogP contribution in [0, 0.1) is 5.92 Å². The zero-order valence-electron chi connectivity index (χ0n) is 18.9. The smallest absolute Gasteiger partial charge is 0.329 e. The average Bonchev–Trinajstić information content (AvgIpc) is 2.81.